The van der Waals surface area contributed by atoms with E-state index in [9.17, 15) is 0 Å². The van der Waals surface area contributed by atoms with Gasteiger partial charge in [0.25, 0.3) is 0 Å². The fourth-order valence-corrected chi connectivity index (χ4v) is 3.46. The number of rotatable bonds is 2. The maximum atomic E-state index is 6.25. The van der Waals surface area contributed by atoms with Gasteiger partial charge in [0.1, 0.15) is 5.75 Å². The van der Waals surface area contributed by atoms with Crippen molar-refractivity contribution in [1.29, 1.82) is 0 Å². The van der Waals surface area contributed by atoms with Crippen LogP contribution in [0.15, 0.2) is 28.7 Å². The summed E-state index contributed by atoms with van der Waals surface area (Å²) in [5.41, 5.74) is 11.2. The minimum atomic E-state index is 0.164. The van der Waals surface area contributed by atoms with Crippen molar-refractivity contribution in [3.8, 4) is 11.4 Å². The van der Waals surface area contributed by atoms with E-state index in [-0.39, 0.29) is 6.04 Å². The Bertz CT molecular complexity index is 648. The molecule has 4 heteroatoms. The number of ether oxygens (including phenoxy) is 1. The first-order valence-electron chi connectivity index (χ1n) is 6.92. The van der Waals surface area contributed by atoms with Crippen molar-refractivity contribution in [3.63, 3.8) is 0 Å². The molecule has 3 nitrogen and oxygen atoms in total. The first kappa shape index (κ1) is 13.7. The van der Waals surface area contributed by atoms with E-state index in [1.54, 1.807) is 7.11 Å². The Kier molecular flexibility index (Phi) is 3.61. The molecular weight excluding hydrogens is 316 g/mol. The molecular formula is C16H19BrN2O. The van der Waals surface area contributed by atoms with Crippen molar-refractivity contribution >= 4 is 15.9 Å². The molecule has 20 heavy (non-hydrogen) atoms. The molecule has 1 aromatic carbocycles. The van der Waals surface area contributed by atoms with Gasteiger partial charge in [0.2, 0.25) is 0 Å². The predicted molar refractivity (Wildman–Crippen MR) is 84.6 cm³/mol. The number of aromatic nitrogens is 1. The van der Waals surface area contributed by atoms with Crippen LogP contribution in [0.3, 0.4) is 0 Å². The molecule has 1 unspecified atom stereocenters. The topological polar surface area (TPSA) is 40.2 Å². The van der Waals surface area contributed by atoms with Gasteiger partial charge in [-0.2, -0.15) is 0 Å². The van der Waals surface area contributed by atoms with E-state index in [2.05, 4.69) is 39.6 Å². The van der Waals surface area contributed by atoms with Gasteiger partial charge in [-0.25, -0.2) is 0 Å². The maximum Gasteiger partial charge on any atom is 0.142 e. The average Bonchev–Trinajstić information content (AvgIpc) is 2.76. The van der Waals surface area contributed by atoms with Gasteiger partial charge in [-0.3, -0.25) is 0 Å². The van der Waals surface area contributed by atoms with E-state index in [4.69, 9.17) is 10.5 Å². The molecule has 2 N–H and O–H groups in total. The monoisotopic (exact) mass is 334 g/mol. The number of halogens is 1. The Morgan fingerprint density at radius 3 is 2.90 bits per heavy atom. The highest BCUT2D eigenvalue weighted by molar-refractivity contribution is 9.10. The third-order valence-corrected chi connectivity index (χ3v) is 4.52. The van der Waals surface area contributed by atoms with Gasteiger partial charge >= 0.3 is 0 Å². The van der Waals surface area contributed by atoms with Gasteiger partial charge in [0, 0.05) is 21.9 Å². The van der Waals surface area contributed by atoms with Crippen LogP contribution >= 0.6 is 15.9 Å². The average molecular weight is 335 g/mol. The molecule has 0 fully saturated rings. The molecule has 2 aromatic rings. The Morgan fingerprint density at radius 1 is 1.35 bits per heavy atom. The zero-order valence-corrected chi connectivity index (χ0v) is 13.4. The van der Waals surface area contributed by atoms with Crippen molar-refractivity contribution in [3.05, 3.63) is 45.7 Å². The molecule has 1 heterocycles. The van der Waals surface area contributed by atoms with Crippen LogP contribution in [0.25, 0.3) is 5.69 Å². The van der Waals surface area contributed by atoms with Gasteiger partial charge in [-0.05, 0) is 56.0 Å². The summed E-state index contributed by atoms with van der Waals surface area (Å²) < 4.78 is 8.86. The summed E-state index contributed by atoms with van der Waals surface area (Å²) in [6.45, 7) is 2.13. The first-order valence-corrected chi connectivity index (χ1v) is 7.71. The number of nitrogens with two attached hydrogens (primary N) is 1. The minimum Gasteiger partial charge on any atom is -0.495 e. The highest BCUT2D eigenvalue weighted by Gasteiger charge is 2.24. The normalized spacial score (nSPS) is 17.9. The number of methoxy groups -OCH3 is 1. The van der Waals surface area contributed by atoms with E-state index >= 15 is 0 Å². The predicted octanol–water partition coefficient (Wildman–Crippen LogP) is 3.89. The van der Waals surface area contributed by atoms with Crippen molar-refractivity contribution in [2.24, 2.45) is 5.73 Å². The van der Waals surface area contributed by atoms with E-state index < -0.39 is 0 Å². The summed E-state index contributed by atoms with van der Waals surface area (Å²) in [5, 5.41) is 0. The molecule has 0 aliphatic heterocycles. The second-order valence-electron chi connectivity index (χ2n) is 5.34. The largest absolute Gasteiger partial charge is 0.495 e. The fraction of sp³-hybridized carbons (Fsp3) is 0.375. The standard InChI is InChI=1S/C16H19BrN2O/c1-10-8-12-13(18)4-3-5-14(12)19(10)15-9-11(17)6-7-16(15)20-2/h6-9,13H,3-5,18H2,1-2H3. The van der Waals surface area contributed by atoms with Gasteiger partial charge in [0.05, 0.1) is 12.8 Å². The quantitative estimate of drug-likeness (QED) is 0.904. The Hall–Kier alpha value is -1.26. The van der Waals surface area contributed by atoms with E-state index in [0.717, 1.165) is 35.2 Å². The number of aryl methyl sites for hydroxylation is 1. The summed E-state index contributed by atoms with van der Waals surface area (Å²) in [7, 11) is 1.71. The molecule has 0 saturated carbocycles. The van der Waals surface area contributed by atoms with Crippen molar-refractivity contribution in [2.45, 2.75) is 32.2 Å². The Morgan fingerprint density at radius 2 is 2.15 bits per heavy atom. The van der Waals surface area contributed by atoms with E-state index in [1.807, 2.05) is 12.1 Å². The summed E-state index contributed by atoms with van der Waals surface area (Å²) >= 11 is 3.55. The van der Waals surface area contributed by atoms with E-state index in [0.29, 0.717) is 0 Å². The zero-order chi connectivity index (χ0) is 14.3. The molecule has 1 aliphatic carbocycles. The van der Waals surface area contributed by atoms with Crippen LogP contribution in [0, 0.1) is 6.92 Å². The molecule has 0 amide bonds. The highest BCUT2D eigenvalue weighted by atomic mass is 79.9. The number of hydrogen-bond donors (Lipinski definition) is 1. The van der Waals surface area contributed by atoms with Crippen molar-refractivity contribution in [1.82, 2.24) is 4.57 Å². The molecule has 0 spiro atoms. The Labute approximate surface area is 127 Å². The summed E-state index contributed by atoms with van der Waals surface area (Å²) in [6, 6.07) is 8.48. The fourth-order valence-electron chi connectivity index (χ4n) is 3.11. The molecule has 0 saturated heterocycles. The minimum absolute atomic E-state index is 0.164. The van der Waals surface area contributed by atoms with Crippen LogP contribution < -0.4 is 10.5 Å². The number of hydrogen-bond acceptors (Lipinski definition) is 2. The van der Waals surface area contributed by atoms with Crippen molar-refractivity contribution in [2.75, 3.05) is 7.11 Å². The molecule has 1 atom stereocenters. The van der Waals surface area contributed by atoms with Gasteiger partial charge in [-0.1, -0.05) is 15.9 Å². The molecule has 3 rings (SSSR count). The summed E-state index contributed by atoms with van der Waals surface area (Å²) in [5.74, 6) is 0.883. The molecule has 1 aromatic heterocycles. The SMILES string of the molecule is COc1ccc(Br)cc1-n1c(C)cc2c1CCCC2N. The summed E-state index contributed by atoms with van der Waals surface area (Å²) in [6.07, 6.45) is 3.30. The molecule has 0 bridgehead atoms. The highest BCUT2D eigenvalue weighted by Crippen LogP contribution is 2.36. The van der Waals surface area contributed by atoms with Crippen molar-refractivity contribution < 1.29 is 4.74 Å². The third-order valence-electron chi connectivity index (χ3n) is 4.03. The van der Waals surface area contributed by atoms with Crippen LogP contribution in [0.4, 0.5) is 0 Å². The maximum absolute atomic E-state index is 6.25. The second kappa shape index (κ2) is 5.26. The van der Waals surface area contributed by atoms with Gasteiger partial charge in [-0.15, -0.1) is 0 Å². The van der Waals surface area contributed by atoms with E-state index in [1.165, 1.54) is 17.0 Å². The van der Waals surface area contributed by atoms with Crippen LogP contribution in [0.2, 0.25) is 0 Å². The lowest BCUT2D eigenvalue weighted by Crippen LogP contribution is -2.18. The van der Waals surface area contributed by atoms with Gasteiger partial charge < -0.3 is 15.0 Å². The van der Waals surface area contributed by atoms with Crippen LogP contribution in [-0.4, -0.2) is 11.7 Å². The lowest BCUT2D eigenvalue weighted by atomic mass is 9.93. The zero-order valence-electron chi connectivity index (χ0n) is 11.8. The lowest BCUT2D eigenvalue weighted by molar-refractivity contribution is 0.412. The number of benzene rings is 1. The third kappa shape index (κ3) is 2.17. The molecule has 1 aliphatic rings. The second-order valence-corrected chi connectivity index (χ2v) is 6.25. The van der Waals surface area contributed by atoms with Gasteiger partial charge in [0.15, 0.2) is 0 Å². The number of nitrogens with zero attached hydrogens (tertiary/aromatic N) is 1. The van der Waals surface area contributed by atoms with Crippen LogP contribution in [0.1, 0.15) is 35.8 Å². The van der Waals surface area contributed by atoms with Crippen LogP contribution in [0.5, 0.6) is 5.75 Å². The number of fused-ring (bicyclic) bond motifs is 1. The first-order chi connectivity index (χ1) is 9.61. The lowest BCUT2D eigenvalue weighted by Gasteiger charge is -2.22. The molecule has 106 valence electrons. The van der Waals surface area contributed by atoms with Crippen LogP contribution in [-0.2, 0) is 6.42 Å². The Balaban J connectivity index is 2.23. The molecule has 0 radical (unpaired) electrons. The summed E-state index contributed by atoms with van der Waals surface area (Å²) in [4.78, 5) is 0. The smallest absolute Gasteiger partial charge is 0.142 e.